The maximum Gasteiger partial charge on any atom is 0.128 e. The van der Waals surface area contributed by atoms with Crippen molar-refractivity contribution < 1.29 is 9.47 Å². The fraction of sp³-hybridized carbons (Fsp3) is 0.273. The molecule has 7 rings (SSSR count). The molecule has 0 radical (unpaired) electrons. The zero-order valence-electron chi connectivity index (χ0n) is 43.3. The summed E-state index contributed by atoms with van der Waals surface area (Å²) in [5.74, 6) is 1.38. The van der Waals surface area contributed by atoms with E-state index in [-0.39, 0.29) is 0 Å². The van der Waals surface area contributed by atoms with Crippen molar-refractivity contribution in [3.63, 3.8) is 0 Å². The monoisotopic (exact) mass is 951 g/mol. The number of benzene rings is 7. The molecule has 0 bridgehead atoms. The summed E-state index contributed by atoms with van der Waals surface area (Å²) in [4.78, 5) is 4.53. The Morgan fingerprint density at radius 3 is 0.875 bits per heavy atom. The van der Waals surface area contributed by atoms with Gasteiger partial charge in [-0.3, -0.25) is 0 Å². The van der Waals surface area contributed by atoms with Crippen LogP contribution < -0.4 is 19.3 Å². The molecular formula is C66H70N4O2. The summed E-state index contributed by atoms with van der Waals surface area (Å²) in [5, 5.41) is 20.9. The van der Waals surface area contributed by atoms with Crippen molar-refractivity contribution in [3.8, 4) is 23.6 Å². The number of ether oxygens (including phenoxy) is 2. The van der Waals surface area contributed by atoms with Crippen LogP contribution >= 0.6 is 0 Å². The molecule has 0 aliphatic carbocycles. The Labute approximate surface area is 430 Å². The van der Waals surface area contributed by atoms with Crippen molar-refractivity contribution in [2.24, 2.45) is 0 Å². The summed E-state index contributed by atoms with van der Waals surface area (Å²) in [6.07, 6.45) is 21.2. The minimum absolute atomic E-state index is 0.454. The zero-order chi connectivity index (χ0) is 50.7. The molecule has 0 amide bonds. The second-order valence-electron chi connectivity index (χ2n) is 18.5. The van der Waals surface area contributed by atoms with Crippen LogP contribution in [0.4, 0.5) is 34.1 Å². The Hall–Kier alpha value is -7.80. The molecule has 0 saturated heterocycles. The van der Waals surface area contributed by atoms with Crippen LogP contribution in [0.3, 0.4) is 0 Å². The van der Waals surface area contributed by atoms with Gasteiger partial charge in [-0.2, -0.15) is 10.5 Å². The topological polar surface area (TPSA) is 72.5 Å². The smallest absolute Gasteiger partial charge is 0.128 e. The van der Waals surface area contributed by atoms with E-state index >= 15 is 0 Å². The van der Waals surface area contributed by atoms with Crippen LogP contribution in [0.5, 0.6) is 11.5 Å². The fourth-order valence-corrected chi connectivity index (χ4v) is 9.08. The highest BCUT2D eigenvalue weighted by Gasteiger charge is 2.18. The van der Waals surface area contributed by atoms with E-state index in [0.29, 0.717) is 33.8 Å². The van der Waals surface area contributed by atoms with Crippen LogP contribution in [0.25, 0.3) is 24.3 Å². The van der Waals surface area contributed by atoms with Gasteiger partial charge in [-0.05, 0) is 170 Å². The molecule has 0 unspecified atom stereocenters. The molecule has 6 heteroatoms. The molecule has 0 aliphatic rings. The molecular weight excluding hydrogens is 881 g/mol. The Morgan fingerprint density at radius 2 is 0.625 bits per heavy atom. The summed E-state index contributed by atoms with van der Waals surface area (Å²) in [7, 11) is 3.36. The van der Waals surface area contributed by atoms with Gasteiger partial charge >= 0.3 is 0 Å². The number of rotatable bonds is 24. The van der Waals surface area contributed by atoms with Gasteiger partial charge < -0.3 is 19.3 Å². The van der Waals surface area contributed by atoms with Crippen LogP contribution in [-0.4, -0.2) is 14.2 Å². The minimum Gasteiger partial charge on any atom is -0.496 e. The summed E-state index contributed by atoms with van der Waals surface area (Å²) >= 11 is 0. The van der Waals surface area contributed by atoms with Gasteiger partial charge in [-0.25, -0.2) is 0 Å². The van der Waals surface area contributed by atoms with E-state index in [2.05, 4.69) is 171 Å². The lowest BCUT2D eigenvalue weighted by Crippen LogP contribution is -2.10. The third kappa shape index (κ3) is 13.3. The average molecular weight is 951 g/mol. The lowest BCUT2D eigenvalue weighted by Gasteiger charge is -2.26. The van der Waals surface area contributed by atoms with Crippen molar-refractivity contribution in [2.75, 3.05) is 24.0 Å². The number of unbranched alkanes of at least 4 members (excludes halogenated alkanes) is 4. The average Bonchev–Trinajstić information content (AvgIpc) is 3.43. The highest BCUT2D eigenvalue weighted by atomic mass is 16.5. The van der Waals surface area contributed by atoms with Crippen LogP contribution in [0.2, 0.25) is 0 Å². The van der Waals surface area contributed by atoms with Crippen molar-refractivity contribution >= 4 is 58.4 Å². The number of methoxy groups -OCH3 is 2. The maximum atomic E-state index is 10.4. The molecule has 72 heavy (non-hydrogen) atoms. The van der Waals surface area contributed by atoms with E-state index in [1.165, 1.54) is 47.9 Å². The summed E-state index contributed by atoms with van der Waals surface area (Å²) in [6, 6.07) is 56.2. The lowest BCUT2D eigenvalue weighted by molar-refractivity contribution is 0.414. The predicted molar refractivity (Wildman–Crippen MR) is 304 cm³/mol. The molecule has 0 aromatic heterocycles. The summed E-state index contributed by atoms with van der Waals surface area (Å²) in [6.45, 7) is 8.90. The zero-order valence-corrected chi connectivity index (χ0v) is 43.3. The fourth-order valence-electron chi connectivity index (χ4n) is 9.08. The van der Waals surface area contributed by atoms with Gasteiger partial charge in [0.25, 0.3) is 0 Å². The Kier molecular flexibility index (Phi) is 19.1. The van der Waals surface area contributed by atoms with Crippen molar-refractivity contribution in [3.05, 3.63) is 201 Å². The normalized spacial score (nSPS) is 11.2. The molecule has 0 aliphatic heterocycles. The summed E-state index contributed by atoms with van der Waals surface area (Å²) in [5.41, 5.74) is 15.4. The maximum absolute atomic E-state index is 10.4. The third-order valence-corrected chi connectivity index (χ3v) is 13.4. The van der Waals surface area contributed by atoms with E-state index in [1.54, 1.807) is 26.4 Å². The first-order valence-electron chi connectivity index (χ1n) is 26.0. The van der Waals surface area contributed by atoms with E-state index in [0.717, 1.165) is 96.6 Å². The van der Waals surface area contributed by atoms with Gasteiger partial charge in [0.2, 0.25) is 0 Å². The van der Waals surface area contributed by atoms with E-state index < -0.39 is 0 Å². The first-order chi connectivity index (χ1) is 35.3. The quantitative estimate of drug-likeness (QED) is 0.0562. The van der Waals surface area contributed by atoms with Crippen molar-refractivity contribution in [2.45, 2.75) is 105 Å². The van der Waals surface area contributed by atoms with Crippen LogP contribution in [-0.2, 0) is 25.7 Å². The molecule has 0 atom stereocenters. The first kappa shape index (κ1) is 52.0. The molecule has 366 valence electrons. The van der Waals surface area contributed by atoms with E-state index in [9.17, 15) is 10.5 Å². The number of nitrogens with zero attached hydrogens (tertiary/aromatic N) is 4. The molecule has 0 N–H and O–H groups in total. The van der Waals surface area contributed by atoms with Gasteiger partial charge in [0, 0.05) is 57.4 Å². The number of hydrogen-bond acceptors (Lipinski definition) is 6. The first-order valence-corrected chi connectivity index (χ1v) is 26.0. The Balaban J connectivity index is 1.16. The van der Waals surface area contributed by atoms with Crippen LogP contribution in [0.1, 0.15) is 135 Å². The van der Waals surface area contributed by atoms with Gasteiger partial charge in [-0.1, -0.05) is 126 Å². The largest absolute Gasteiger partial charge is 0.496 e. The van der Waals surface area contributed by atoms with E-state index in [1.807, 2.05) is 36.4 Å². The van der Waals surface area contributed by atoms with Gasteiger partial charge in [-0.15, -0.1) is 0 Å². The minimum atomic E-state index is 0.454. The second kappa shape index (κ2) is 26.4. The summed E-state index contributed by atoms with van der Waals surface area (Å²) < 4.78 is 12.0. The number of hydrogen-bond donors (Lipinski definition) is 0. The molecule has 7 aromatic carbocycles. The van der Waals surface area contributed by atoms with Gasteiger partial charge in [0.15, 0.2) is 0 Å². The highest BCUT2D eigenvalue weighted by molar-refractivity contribution is 5.84. The Bertz CT molecular complexity index is 2680. The second-order valence-corrected chi connectivity index (χ2v) is 18.5. The third-order valence-electron chi connectivity index (χ3n) is 13.4. The highest BCUT2D eigenvalue weighted by Crippen LogP contribution is 2.40. The SMILES string of the molecule is CCCCc1ccc(N(c2ccc(CCCC)cc2)c2ccc(C=Cc3cc(C#N)c(C=Cc4ccc(N(c5ccc(CCCC)cc5)c5ccc(CCCC)cc5)cc4OC)cc3C#N)c(OC)c2)cc1. The predicted octanol–water partition coefficient (Wildman–Crippen LogP) is 18.1. The molecule has 6 nitrogen and oxygen atoms in total. The molecule has 0 heterocycles. The van der Waals surface area contributed by atoms with E-state index in [4.69, 9.17) is 9.47 Å². The number of nitriles is 2. The molecule has 0 fully saturated rings. The number of aryl methyl sites for hydroxylation is 4. The molecule has 0 saturated carbocycles. The van der Waals surface area contributed by atoms with Crippen LogP contribution in [0.15, 0.2) is 146 Å². The standard InChI is InChI=1S/C66H70N4O2/c1-7-11-15-49-19-33-59(34-20-49)69(60-35-21-50(22-36-60)16-12-8-2)63-41-31-53(65(45-63)71-5)27-29-55-43-58(48-68)56(44-57(55)47-67)30-28-54-32-42-64(46-66(54)72-6)70(61-37-23-51(24-38-61)17-13-9-3)62-39-25-52(26-40-62)18-14-10-4/h19-46H,7-18H2,1-6H3. The number of anilines is 6. The van der Waals surface area contributed by atoms with Gasteiger partial charge in [0.05, 0.1) is 37.5 Å². The Morgan fingerprint density at radius 1 is 0.361 bits per heavy atom. The molecule has 7 aromatic rings. The van der Waals surface area contributed by atoms with Gasteiger partial charge in [0.1, 0.15) is 11.5 Å². The lowest BCUT2D eigenvalue weighted by atomic mass is 9.97. The van der Waals surface area contributed by atoms with Crippen molar-refractivity contribution in [1.82, 2.24) is 0 Å². The molecule has 0 spiro atoms. The van der Waals surface area contributed by atoms with Crippen LogP contribution in [0, 0.1) is 22.7 Å². The van der Waals surface area contributed by atoms with Crippen molar-refractivity contribution in [1.29, 1.82) is 10.5 Å².